The van der Waals surface area contributed by atoms with Gasteiger partial charge in [-0.05, 0) is 48.5 Å². The largest absolute Gasteiger partial charge is 0.477 e. The van der Waals surface area contributed by atoms with E-state index in [0.29, 0.717) is 0 Å². The van der Waals surface area contributed by atoms with E-state index in [1.54, 1.807) is 0 Å². The van der Waals surface area contributed by atoms with Crippen molar-refractivity contribution in [1.29, 1.82) is 0 Å². The molecule has 1 heterocycles. The van der Waals surface area contributed by atoms with E-state index in [9.17, 15) is 31.5 Å². The molecule has 0 fully saturated rings. The van der Waals surface area contributed by atoms with Crippen LogP contribution in [0.4, 0.5) is 5.69 Å². The van der Waals surface area contributed by atoms with Crippen LogP contribution in [0.5, 0.6) is 0 Å². The summed E-state index contributed by atoms with van der Waals surface area (Å²) in [7, 11) is -8.84. The summed E-state index contributed by atoms with van der Waals surface area (Å²) in [5.41, 5.74) is -1.37. The van der Waals surface area contributed by atoms with Gasteiger partial charge >= 0.3 is 5.97 Å². The molecular formula is C17H13N3O9S2. The van der Waals surface area contributed by atoms with E-state index in [1.807, 2.05) is 0 Å². The maximum absolute atomic E-state index is 12.7. The van der Waals surface area contributed by atoms with Crippen molar-refractivity contribution in [1.82, 2.24) is 9.78 Å². The number of nitrogens with zero attached hydrogens (tertiary/aromatic N) is 2. The number of nitrogens with one attached hydrogen (secondary N) is 1. The summed E-state index contributed by atoms with van der Waals surface area (Å²) in [5, 5.41) is 11.8. The van der Waals surface area contributed by atoms with Crippen molar-refractivity contribution in [2.45, 2.75) is 9.79 Å². The quantitative estimate of drug-likeness (QED) is 0.303. The molecular weight excluding hydrogens is 454 g/mol. The van der Waals surface area contributed by atoms with Crippen LogP contribution in [0.2, 0.25) is 0 Å². The third-order valence-electron chi connectivity index (χ3n) is 4.01. The lowest BCUT2D eigenvalue weighted by molar-refractivity contribution is 0.0689. The van der Waals surface area contributed by atoms with Gasteiger partial charge in [-0.2, -0.15) is 16.8 Å². The van der Waals surface area contributed by atoms with Gasteiger partial charge in [0.25, 0.3) is 25.8 Å². The molecule has 0 atom stereocenters. The summed E-state index contributed by atoms with van der Waals surface area (Å²) in [4.78, 5) is 27.4. The molecule has 0 aliphatic rings. The molecule has 0 aliphatic heterocycles. The van der Waals surface area contributed by atoms with Crippen LogP contribution in [0.15, 0.2) is 68.1 Å². The molecule has 2 aromatic carbocycles. The molecule has 0 unspecified atom stereocenters. The second-order valence-corrected chi connectivity index (χ2v) is 8.89. The maximum atomic E-state index is 12.7. The van der Waals surface area contributed by atoms with Crippen LogP contribution >= 0.6 is 0 Å². The minimum absolute atomic E-state index is 0.0945. The van der Waals surface area contributed by atoms with Crippen molar-refractivity contribution in [3.05, 3.63) is 70.1 Å². The summed E-state index contributed by atoms with van der Waals surface area (Å²) < 4.78 is 63.2. The zero-order valence-corrected chi connectivity index (χ0v) is 16.8. The first-order chi connectivity index (χ1) is 14.4. The van der Waals surface area contributed by atoms with Gasteiger partial charge < -0.3 is 5.11 Å². The van der Waals surface area contributed by atoms with E-state index in [4.69, 9.17) is 9.11 Å². The molecule has 0 radical (unpaired) electrons. The smallest absolute Gasteiger partial charge is 0.354 e. The molecule has 0 amide bonds. The summed E-state index contributed by atoms with van der Waals surface area (Å²) in [6.45, 7) is 0. The second kappa shape index (κ2) is 7.92. The van der Waals surface area contributed by atoms with Gasteiger partial charge in [-0.3, -0.25) is 24.0 Å². The Kier molecular flexibility index (Phi) is 5.64. The number of carbonyl (C=O) groups is 1. The Bertz CT molecular complexity index is 1450. The molecule has 0 saturated carbocycles. The zero-order valence-electron chi connectivity index (χ0n) is 15.2. The van der Waals surface area contributed by atoms with Crippen LogP contribution in [-0.2, 0) is 20.2 Å². The van der Waals surface area contributed by atoms with E-state index in [-0.39, 0.29) is 21.8 Å². The Labute approximate surface area is 174 Å². The van der Waals surface area contributed by atoms with Crippen molar-refractivity contribution in [2.75, 3.05) is 0 Å². The molecule has 162 valence electrons. The van der Waals surface area contributed by atoms with E-state index in [0.717, 1.165) is 35.2 Å². The summed E-state index contributed by atoms with van der Waals surface area (Å²) in [6.07, 6.45) is 0.966. The number of aromatic carboxylic acids is 1. The first kappa shape index (κ1) is 22.1. The predicted octanol–water partition coefficient (Wildman–Crippen LogP) is 1.11. The molecule has 12 nitrogen and oxygen atoms in total. The van der Waals surface area contributed by atoms with Crippen LogP contribution in [0.1, 0.15) is 16.1 Å². The van der Waals surface area contributed by atoms with Gasteiger partial charge in [0.1, 0.15) is 0 Å². The minimum atomic E-state index is -4.45. The van der Waals surface area contributed by atoms with Gasteiger partial charge in [-0.1, -0.05) is 0 Å². The Morgan fingerprint density at radius 1 is 0.903 bits per heavy atom. The van der Waals surface area contributed by atoms with Crippen molar-refractivity contribution >= 4 is 38.1 Å². The van der Waals surface area contributed by atoms with E-state index in [2.05, 4.69) is 10.1 Å². The molecule has 0 spiro atoms. The normalized spacial score (nSPS) is 12.3. The Balaban J connectivity index is 2.02. The first-order valence-corrected chi connectivity index (χ1v) is 11.0. The number of hydrogen-bond acceptors (Lipinski definition) is 7. The van der Waals surface area contributed by atoms with Crippen LogP contribution in [-0.4, -0.2) is 53.0 Å². The highest BCUT2D eigenvalue weighted by molar-refractivity contribution is 7.86. The van der Waals surface area contributed by atoms with E-state index >= 15 is 0 Å². The molecule has 14 heteroatoms. The van der Waals surface area contributed by atoms with Crippen LogP contribution in [0.3, 0.4) is 0 Å². The van der Waals surface area contributed by atoms with Gasteiger partial charge in [-0.25, -0.2) is 9.48 Å². The predicted molar refractivity (Wildman–Crippen MR) is 107 cm³/mol. The van der Waals surface area contributed by atoms with Crippen molar-refractivity contribution in [3.8, 4) is 5.69 Å². The Morgan fingerprint density at radius 2 is 1.39 bits per heavy atom. The number of H-pyrrole nitrogens is 1. The SMILES string of the molecule is O=C(O)c1[nH]n(-c2ccc(S(=O)(=O)O)cc2)c(=O)c1C=Nc1ccc(S(=O)(=O)O)cc1. The lowest BCUT2D eigenvalue weighted by Gasteiger charge is -2.02. The molecule has 3 aromatic rings. The number of rotatable bonds is 6. The Hall–Kier alpha value is -3.59. The van der Waals surface area contributed by atoms with Crippen LogP contribution in [0, 0.1) is 0 Å². The van der Waals surface area contributed by atoms with Gasteiger partial charge in [0, 0.05) is 6.21 Å². The fraction of sp³-hybridized carbons (Fsp3) is 0. The van der Waals surface area contributed by atoms with Crippen LogP contribution < -0.4 is 5.56 Å². The molecule has 4 N–H and O–H groups in total. The second-order valence-electron chi connectivity index (χ2n) is 6.04. The van der Waals surface area contributed by atoms with Gasteiger partial charge in [0.05, 0.1) is 26.7 Å². The maximum Gasteiger partial charge on any atom is 0.354 e. The zero-order chi connectivity index (χ0) is 23.0. The average molecular weight is 467 g/mol. The number of carboxylic acid groups (broad SMARTS) is 1. The van der Waals surface area contributed by atoms with Crippen LogP contribution in [0.25, 0.3) is 5.69 Å². The topological polar surface area (TPSA) is 196 Å². The van der Waals surface area contributed by atoms with Crippen molar-refractivity contribution < 1.29 is 35.8 Å². The fourth-order valence-corrected chi connectivity index (χ4v) is 3.49. The number of aromatic amines is 1. The lowest BCUT2D eigenvalue weighted by Crippen LogP contribution is -2.17. The highest BCUT2D eigenvalue weighted by Gasteiger charge is 2.20. The molecule has 0 aliphatic carbocycles. The summed E-state index contributed by atoms with van der Waals surface area (Å²) in [6, 6.07) is 9.05. The number of carboxylic acids is 1. The molecule has 31 heavy (non-hydrogen) atoms. The number of aromatic nitrogens is 2. The Morgan fingerprint density at radius 3 is 1.84 bits per heavy atom. The number of aliphatic imine (C=N–C) groups is 1. The lowest BCUT2D eigenvalue weighted by atomic mass is 10.2. The van der Waals surface area contributed by atoms with Gasteiger partial charge in [-0.15, -0.1) is 0 Å². The van der Waals surface area contributed by atoms with Crippen molar-refractivity contribution in [2.24, 2.45) is 4.99 Å². The van der Waals surface area contributed by atoms with E-state index < -0.39 is 42.4 Å². The number of benzene rings is 2. The summed E-state index contributed by atoms with van der Waals surface area (Å²) >= 11 is 0. The third-order valence-corrected chi connectivity index (χ3v) is 5.75. The monoisotopic (exact) mass is 467 g/mol. The highest BCUT2D eigenvalue weighted by atomic mass is 32.2. The van der Waals surface area contributed by atoms with E-state index in [1.165, 1.54) is 24.3 Å². The fourth-order valence-electron chi connectivity index (χ4n) is 2.53. The first-order valence-electron chi connectivity index (χ1n) is 8.16. The van der Waals surface area contributed by atoms with Crippen molar-refractivity contribution in [3.63, 3.8) is 0 Å². The minimum Gasteiger partial charge on any atom is -0.477 e. The molecule has 0 bridgehead atoms. The average Bonchev–Trinajstić information content (AvgIpc) is 3.02. The standard InChI is InChI=1S/C17H13N3O9S2/c21-16-14(9-18-10-1-5-12(6-2-10)30(24,25)26)15(17(22)23)19-20(16)11-3-7-13(8-4-11)31(27,28)29/h1-9,19H,(H,22,23)(H,24,25,26)(H,27,28,29). The summed E-state index contributed by atoms with van der Waals surface area (Å²) in [5.74, 6) is -1.46. The highest BCUT2D eigenvalue weighted by Crippen LogP contribution is 2.17. The third kappa shape index (κ3) is 4.77. The van der Waals surface area contributed by atoms with Gasteiger partial charge in [0.2, 0.25) is 0 Å². The number of hydrogen-bond donors (Lipinski definition) is 4. The molecule has 0 saturated heterocycles. The molecule has 3 rings (SSSR count). The van der Waals surface area contributed by atoms with Gasteiger partial charge in [0.15, 0.2) is 5.69 Å². The molecule has 1 aromatic heterocycles.